The highest BCUT2D eigenvalue weighted by molar-refractivity contribution is 5.88. The predicted molar refractivity (Wildman–Crippen MR) is 79.6 cm³/mol. The molecule has 0 aromatic carbocycles. The fourth-order valence-corrected chi connectivity index (χ4v) is 3.14. The van der Waals surface area contributed by atoms with Gasteiger partial charge in [0.1, 0.15) is 6.04 Å². The van der Waals surface area contributed by atoms with Crippen molar-refractivity contribution in [1.82, 2.24) is 5.32 Å². The summed E-state index contributed by atoms with van der Waals surface area (Å²) in [5, 5.41) is 2.82. The first-order valence-corrected chi connectivity index (χ1v) is 7.44. The van der Waals surface area contributed by atoms with Crippen molar-refractivity contribution in [2.45, 2.75) is 59.5 Å². The van der Waals surface area contributed by atoms with Crippen LogP contribution in [0.1, 0.15) is 47.5 Å². The van der Waals surface area contributed by atoms with Gasteiger partial charge in [0.15, 0.2) is 0 Å². The van der Waals surface area contributed by atoms with E-state index in [1.54, 1.807) is 0 Å². The van der Waals surface area contributed by atoms with E-state index in [0.717, 1.165) is 12.8 Å². The second-order valence-corrected chi connectivity index (χ2v) is 7.04. The molecule has 0 heterocycles. The minimum absolute atomic E-state index is 0.0113. The van der Waals surface area contributed by atoms with Crippen molar-refractivity contribution in [3.05, 3.63) is 0 Å². The molecule has 5 N–H and O–H groups in total. The number of primary amides is 1. The molecule has 1 aliphatic rings. The second-order valence-electron chi connectivity index (χ2n) is 7.04. The van der Waals surface area contributed by atoms with Gasteiger partial charge in [-0.25, -0.2) is 0 Å². The Morgan fingerprint density at radius 2 is 1.80 bits per heavy atom. The van der Waals surface area contributed by atoms with E-state index in [9.17, 15) is 9.59 Å². The maximum absolute atomic E-state index is 12.5. The molecule has 0 aromatic heterocycles. The minimum Gasteiger partial charge on any atom is -0.368 e. The molecule has 0 aromatic rings. The zero-order valence-electron chi connectivity index (χ0n) is 13.3. The molecule has 1 saturated carbocycles. The Morgan fingerprint density at radius 1 is 1.25 bits per heavy atom. The molecule has 1 aliphatic carbocycles. The normalized spacial score (nSPS) is 30.9. The third-order valence-corrected chi connectivity index (χ3v) is 5.09. The van der Waals surface area contributed by atoms with Crippen LogP contribution in [0.15, 0.2) is 0 Å². The average Bonchev–Trinajstić information content (AvgIpc) is 2.32. The van der Waals surface area contributed by atoms with Gasteiger partial charge < -0.3 is 16.8 Å². The van der Waals surface area contributed by atoms with Gasteiger partial charge in [-0.3, -0.25) is 9.59 Å². The standard InChI is InChI=1S/C15H29N3O2/c1-8(2)12(13(17)19)18-14(20)10-6-7-11(16)9(3)15(10,4)5/h8-12H,6-7,16H2,1-5H3,(H2,17,19)(H,18,20). The Labute approximate surface area is 121 Å². The van der Waals surface area contributed by atoms with Crippen LogP contribution in [0.25, 0.3) is 0 Å². The third-order valence-electron chi connectivity index (χ3n) is 5.09. The minimum atomic E-state index is -0.607. The molecule has 5 heteroatoms. The summed E-state index contributed by atoms with van der Waals surface area (Å²) in [5.41, 5.74) is 11.3. The molecular weight excluding hydrogens is 254 g/mol. The van der Waals surface area contributed by atoms with Gasteiger partial charge >= 0.3 is 0 Å². The quantitative estimate of drug-likeness (QED) is 0.718. The van der Waals surface area contributed by atoms with E-state index in [0.29, 0.717) is 0 Å². The number of carbonyl (C=O) groups excluding carboxylic acids is 2. The molecule has 4 unspecified atom stereocenters. The number of amides is 2. The molecule has 116 valence electrons. The smallest absolute Gasteiger partial charge is 0.240 e. The zero-order valence-corrected chi connectivity index (χ0v) is 13.3. The number of rotatable bonds is 4. The van der Waals surface area contributed by atoms with Gasteiger partial charge in [-0.1, -0.05) is 34.6 Å². The first-order valence-electron chi connectivity index (χ1n) is 7.44. The fourth-order valence-electron chi connectivity index (χ4n) is 3.14. The van der Waals surface area contributed by atoms with E-state index in [2.05, 4.69) is 26.1 Å². The topological polar surface area (TPSA) is 98.2 Å². The molecule has 1 fully saturated rings. The summed E-state index contributed by atoms with van der Waals surface area (Å²) in [5.74, 6) is -0.434. The lowest BCUT2D eigenvalue weighted by atomic mass is 9.61. The van der Waals surface area contributed by atoms with Crippen LogP contribution in [-0.4, -0.2) is 23.9 Å². The van der Waals surface area contributed by atoms with Gasteiger partial charge in [-0.2, -0.15) is 0 Å². The Morgan fingerprint density at radius 3 is 2.25 bits per heavy atom. The van der Waals surface area contributed by atoms with Crippen molar-refractivity contribution in [2.24, 2.45) is 34.6 Å². The fraction of sp³-hybridized carbons (Fsp3) is 0.867. The number of nitrogens with one attached hydrogen (secondary N) is 1. The van der Waals surface area contributed by atoms with Crippen LogP contribution < -0.4 is 16.8 Å². The van der Waals surface area contributed by atoms with Crippen LogP contribution in [0.3, 0.4) is 0 Å². The summed E-state index contributed by atoms with van der Waals surface area (Å²) in [7, 11) is 0. The van der Waals surface area contributed by atoms with Crippen molar-refractivity contribution >= 4 is 11.8 Å². The maximum atomic E-state index is 12.5. The molecule has 1 rings (SSSR count). The van der Waals surface area contributed by atoms with Crippen LogP contribution in [0.2, 0.25) is 0 Å². The lowest BCUT2D eigenvalue weighted by Crippen LogP contribution is -2.55. The number of hydrogen-bond acceptors (Lipinski definition) is 3. The Bertz CT molecular complexity index is 379. The van der Waals surface area contributed by atoms with Crippen molar-refractivity contribution in [3.8, 4) is 0 Å². The molecule has 0 aliphatic heterocycles. The van der Waals surface area contributed by atoms with E-state index in [1.807, 2.05) is 13.8 Å². The molecule has 0 bridgehead atoms. The molecular formula is C15H29N3O2. The van der Waals surface area contributed by atoms with Gasteiger partial charge in [0.05, 0.1) is 0 Å². The van der Waals surface area contributed by atoms with Crippen LogP contribution in [0, 0.1) is 23.2 Å². The molecule has 0 radical (unpaired) electrons. The Hall–Kier alpha value is -1.10. The molecule has 0 spiro atoms. The SMILES string of the molecule is CC(C)C(NC(=O)C1CCC(N)C(C)C1(C)C)C(N)=O. The summed E-state index contributed by atoms with van der Waals surface area (Å²) in [6.07, 6.45) is 1.60. The molecule has 20 heavy (non-hydrogen) atoms. The van der Waals surface area contributed by atoms with Crippen molar-refractivity contribution in [3.63, 3.8) is 0 Å². The first-order chi connectivity index (χ1) is 9.09. The summed E-state index contributed by atoms with van der Waals surface area (Å²) in [6.45, 7) is 10.0. The third kappa shape index (κ3) is 3.32. The van der Waals surface area contributed by atoms with Gasteiger partial charge in [0.2, 0.25) is 11.8 Å². The highest BCUT2D eigenvalue weighted by Gasteiger charge is 2.45. The van der Waals surface area contributed by atoms with Crippen molar-refractivity contribution in [1.29, 1.82) is 0 Å². The predicted octanol–water partition coefficient (Wildman–Crippen LogP) is 1.01. The largest absolute Gasteiger partial charge is 0.368 e. The van der Waals surface area contributed by atoms with E-state index in [-0.39, 0.29) is 35.1 Å². The van der Waals surface area contributed by atoms with E-state index < -0.39 is 11.9 Å². The van der Waals surface area contributed by atoms with E-state index in [4.69, 9.17) is 11.5 Å². The Balaban J connectivity index is 2.84. The van der Waals surface area contributed by atoms with Gasteiger partial charge in [0, 0.05) is 12.0 Å². The molecule has 5 nitrogen and oxygen atoms in total. The van der Waals surface area contributed by atoms with Gasteiger partial charge in [-0.05, 0) is 30.1 Å². The maximum Gasteiger partial charge on any atom is 0.240 e. The van der Waals surface area contributed by atoms with Crippen LogP contribution >= 0.6 is 0 Å². The molecule has 4 atom stereocenters. The monoisotopic (exact) mass is 283 g/mol. The van der Waals surface area contributed by atoms with Crippen molar-refractivity contribution < 1.29 is 9.59 Å². The van der Waals surface area contributed by atoms with Gasteiger partial charge in [-0.15, -0.1) is 0 Å². The molecule has 0 saturated heterocycles. The average molecular weight is 283 g/mol. The highest BCUT2D eigenvalue weighted by atomic mass is 16.2. The van der Waals surface area contributed by atoms with Crippen LogP contribution in [0.4, 0.5) is 0 Å². The van der Waals surface area contributed by atoms with Crippen LogP contribution in [-0.2, 0) is 9.59 Å². The van der Waals surface area contributed by atoms with Gasteiger partial charge in [0.25, 0.3) is 0 Å². The number of carbonyl (C=O) groups is 2. The van der Waals surface area contributed by atoms with Crippen LogP contribution in [0.5, 0.6) is 0 Å². The Kier molecular flexibility index (Phi) is 5.19. The summed E-state index contributed by atoms with van der Waals surface area (Å²) < 4.78 is 0. The summed E-state index contributed by atoms with van der Waals surface area (Å²) in [4.78, 5) is 24.0. The lowest BCUT2D eigenvalue weighted by molar-refractivity contribution is -0.136. The van der Waals surface area contributed by atoms with E-state index >= 15 is 0 Å². The zero-order chi connectivity index (χ0) is 15.7. The summed E-state index contributed by atoms with van der Waals surface area (Å²) in [6, 6.07) is -0.477. The lowest BCUT2D eigenvalue weighted by Gasteiger charge is -2.46. The first kappa shape index (κ1) is 17.0. The number of hydrogen-bond donors (Lipinski definition) is 3. The highest BCUT2D eigenvalue weighted by Crippen LogP contribution is 2.44. The number of nitrogens with two attached hydrogens (primary N) is 2. The second kappa shape index (κ2) is 6.12. The van der Waals surface area contributed by atoms with Crippen molar-refractivity contribution in [2.75, 3.05) is 0 Å². The molecule has 2 amide bonds. The van der Waals surface area contributed by atoms with E-state index in [1.165, 1.54) is 0 Å². The summed E-state index contributed by atoms with van der Waals surface area (Å²) >= 11 is 0.